The summed E-state index contributed by atoms with van der Waals surface area (Å²) < 4.78 is 41.2. The van der Waals surface area contributed by atoms with Crippen molar-refractivity contribution in [3.63, 3.8) is 0 Å². The van der Waals surface area contributed by atoms with E-state index in [2.05, 4.69) is 20.6 Å². The molecular formula is C24H24F2N6O2. The standard InChI is InChI=1S/C24H24F2N6O2/c25-17-4-2-1-3-16(17)13-32-21(19-5-10-34-30-19)11-20(29-32)22-27-12-18(26)23(28-22)31-8-6-24(7-9-31)14-33-15-24/h1-5,10-12,22,27H,6-9,13-15H2. The van der Waals surface area contributed by atoms with Gasteiger partial charge in [-0.3, -0.25) is 4.68 Å². The number of aliphatic imine (C=N–C) groups is 1. The van der Waals surface area contributed by atoms with Crippen molar-refractivity contribution < 1.29 is 18.0 Å². The van der Waals surface area contributed by atoms with Crippen molar-refractivity contribution in [3.05, 3.63) is 71.8 Å². The van der Waals surface area contributed by atoms with E-state index in [-0.39, 0.29) is 23.6 Å². The topological polar surface area (TPSA) is 80.7 Å². The van der Waals surface area contributed by atoms with E-state index in [9.17, 15) is 8.78 Å². The van der Waals surface area contributed by atoms with E-state index in [1.807, 2.05) is 11.0 Å². The fourth-order valence-corrected chi connectivity index (χ4v) is 4.72. The van der Waals surface area contributed by atoms with Crippen LogP contribution >= 0.6 is 0 Å². The summed E-state index contributed by atoms with van der Waals surface area (Å²) in [5.41, 5.74) is 2.56. The highest BCUT2D eigenvalue weighted by Crippen LogP contribution is 2.39. The molecule has 2 aromatic heterocycles. The van der Waals surface area contributed by atoms with E-state index in [1.54, 1.807) is 28.9 Å². The average molecular weight is 466 g/mol. The first-order valence-corrected chi connectivity index (χ1v) is 11.3. The number of amidine groups is 1. The van der Waals surface area contributed by atoms with Gasteiger partial charge in [0, 0.05) is 36.3 Å². The van der Waals surface area contributed by atoms with Crippen LogP contribution in [-0.2, 0) is 11.3 Å². The Kier molecular flexibility index (Phi) is 5.17. The van der Waals surface area contributed by atoms with E-state index in [0.29, 0.717) is 28.5 Å². The Labute approximate surface area is 194 Å². The monoisotopic (exact) mass is 466 g/mol. The molecule has 34 heavy (non-hydrogen) atoms. The Morgan fingerprint density at radius 2 is 1.94 bits per heavy atom. The zero-order chi connectivity index (χ0) is 23.1. The molecule has 2 saturated heterocycles. The van der Waals surface area contributed by atoms with Crippen LogP contribution in [-0.4, -0.2) is 52.0 Å². The van der Waals surface area contributed by atoms with Gasteiger partial charge >= 0.3 is 0 Å². The number of hydrogen-bond donors (Lipinski definition) is 1. The van der Waals surface area contributed by atoms with Crippen molar-refractivity contribution in [2.24, 2.45) is 10.4 Å². The van der Waals surface area contributed by atoms with Crippen molar-refractivity contribution >= 4 is 5.84 Å². The molecule has 1 atom stereocenters. The molecule has 0 amide bonds. The number of ether oxygens (including phenoxy) is 1. The number of likely N-dealkylation sites (tertiary alicyclic amines) is 1. The molecule has 6 rings (SSSR count). The third-order valence-corrected chi connectivity index (χ3v) is 6.83. The lowest BCUT2D eigenvalue weighted by Gasteiger charge is -2.48. The predicted molar refractivity (Wildman–Crippen MR) is 120 cm³/mol. The summed E-state index contributed by atoms with van der Waals surface area (Å²) in [5.74, 6) is -0.364. The summed E-state index contributed by atoms with van der Waals surface area (Å²) in [7, 11) is 0. The molecule has 176 valence electrons. The Morgan fingerprint density at radius 1 is 1.12 bits per heavy atom. The molecule has 1 aromatic carbocycles. The highest BCUT2D eigenvalue weighted by Gasteiger charge is 2.42. The third-order valence-electron chi connectivity index (χ3n) is 6.83. The SMILES string of the molecule is FC1=CNC(c2cc(-c3ccon3)n(Cc3ccccc3F)n2)N=C1N1CCC2(CC1)COC2. The number of nitrogens with zero attached hydrogens (tertiary/aromatic N) is 5. The van der Waals surface area contributed by atoms with Gasteiger partial charge in [0.1, 0.15) is 23.5 Å². The first kappa shape index (κ1) is 21.0. The molecule has 1 spiro atoms. The molecule has 1 unspecified atom stereocenters. The smallest absolute Gasteiger partial charge is 0.180 e. The lowest BCUT2D eigenvalue weighted by Crippen LogP contribution is -2.52. The lowest BCUT2D eigenvalue weighted by atomic mass is 9.77. The molecule has 3 aromatic rings. The van der Waals surface area contributed by atoms with Crippen molar-refractivity contribution in [2.75, 3.05) is 26.3 Å². The Morgan fingerprint density at radius 3 is 2.65 bits per heavy atom. The predicted octanol–water partition coefficient (Wildman–Crippen LogP) is 3.65. The van der Waals surface area contributed by atoms with Crippen LogP contribution in [0.3, 0.4) is 0 Å². The number of aromatic nitrogens is 3. The van der Waals surface area contributed by atoms with Gasteiger partial charge in [-0.2, -0.15) is 5.10 Å². The molecule has 0 aliphatic carbocycles. The van der Waals surface area contributed by atoms with Crippen LogP contribution in [0.2, 0.25) is 0 Å². The minimum absolute atomic E-state index is 0.207. The highest BCUT2D eigenvalue weighted by molar-refractivity contribution is 5.97. The van der Waals surface area contributed by atoms with Crippen LogP contribution < -0.4 is 5.32 Å². The van der Waals surface area contributed by atoms with E-state index < -0.39 is 6.17 Å². The van der Waals surface area contributed by atoms with Crippen LogP contribution in [0, 0.1) is 11.2 Å². The molecular weight excluding hydrogens is 442 g/mol. The molecule has 2 fully saturated rings. The Balaban J connectivity index is 1.29. The molecule has 5 heterocycles. The van der Waals surface area contributed by atoms with Crippen LogP contribution in [0.5, 0.6) is 0 Å². The highest BCUT2D eigenvalue weighted by atomic mass is 19.1. The van der Waals surface area contributed by atoms with Gasteiger partial charge < -0.3 is 19.5 Å². The summed E-state index contributed by atoms with van der Waals surface area (Å²) in [6, 6.07) is 10.1. The second-order valence-electron chi connectivity index (χ2n) is 9.08. The van der Waals surface area contributed by atoms with Gasteiger partial charge in [0.05, 0.1) is 25.5 Å². The summed E-state index contributed by atoms with van der Waals surface area (Å²) in [5, 5.41) is 11.7. The number of nitrogens with one attached hydrogen (secondary N) is 1. The van der Waals surface area contributed by atoms with Gasteiger partial charge in [0.2, 0.25) is 0 Å². The van der Waals surface area contributed by atoms with Crippen LogP contribution in [0.4, 0.5) is 8.78 Å². The number of hydrogen-bond acceptors (Lipinski definition) is 7. The number of rotatable bonds is 4. The van der Waals surface area contributed by atoms with E-state index in [0.717, 1.165) is 39.1 Å². The molecule has 3 aliphatic heterocycles. The molecule has 0 bridgehead atoms. The van der Waals surface area contributed by atoms with E-state index >= 15 is 0 Å². The fraction of sp³-hybridized carbons (Fsp3) is 0.375. The molecule has 1 N–H and O–H groups in total. The maximum Gasteiger partial charge on any atom is 0.180 e. The van der Waals surface area contributed by atoms with Gasteiger partial charge in [-0.05, 0) is 25.0 Å². The summed E-state index contributed by atoms with van der Waals surface area (Å²) in [6.07, 6.45) is 4.16. The zero-order valence-corrected chi connectivity index (χ0v) is 18.5. The largest absolute Gasteiger partial charge is 0.380 e. The molecule has 3 aliphatic rings. The number of piperidine rings is 1. The second kappa shape index (κ2) is 8.35. The van der Waals surface area contributed by atoms with Gasteiger partial charge in [-0.15, -0.1) is 0 Å². The van der Waals surface area contributed by atoms with Crippen LogP contribution in [0.15, 0.2) is 64.2 Å². The fourth-order valence-electron chi connectivity index (χ4n) is 4.72. The lowest BCUT2D eigenvalue weighted by molar-refractivity contribution is -0.134. The van der Waals surface area contributed by atoms with Crippen molar-refractivity contribution in [1.82, 2.24) is 25.2 Å². The zero-order valence-electron chi connectivity index (χ0n) is 18.5. The van der Waals surface area contributed by atoms with Crippen molar-refractivity contribution in [3.8, 4) is 11.4 Å². The Bertz CT molecular complexity index is 1240. The maximum atomic E-state index is 14.8. The molecule has 8 nitrogen and oxygen atoms in total. The minimum Gasteiger partial charge on any atom is -0.380 e. The van der Waals surface area contributed by atoms with Crippen molar-refractivity contribution in [1.29, 1.82) is 0 Å². The maximum absolute atomic E-state index is 14.8. The molecule has 0 radical (unpaired) electrons. The number of benzene rings is 1. The molecule has 0 saturated carbocycles. The van der Waals surface area contributed by atoms with E-state index in [1.165, 1.54) is 18.5 Å². The quantitative estimate of drug-likeness (QED) is 0.632. The summed E-state index contributed by atoms with van der Waals surface area (Å²) in [6.45, 7) is 3.27. The second-order valence-corrected chi connectivity index (χ2v) is 9.08. The first-order valence-electron chi connectivity index (χ1n) is 11.3. The average Bonchev–Trinajstić information content (AvgIpc) is 3.50. The summed E-state index contributed by atoms with van der Waals surface area (Å²) >= 11 is 0. The van der Waals surface area contributed by atoms with Gasteiger partial charge in [0.15, 0.2) is 17.8 Å². The Hall–Kier alpha value is -3.53. The van der Waals surface area contributed by atoms with Crippen LogP contribution in [0.1, 0.15) is 30.3 Å². The van der Waals surface area contributed by atoms with Gasteiger partial charge in [-0.25, -0.2) is 13.8 Å². The minimum atomic E-state index is -0.579. The first-order chi connectivity index (χ1) is 16.6. The molecule has 10 heteroatoms. The van der Waals surface area contributed by atoms with Gasteiger partial charge in [0.25, 0.3) is 0 Å². The van der Waals surface area contributed by atoms with Gasteiger partial charge in [-0.1, -0.05) is 23.4 Å². The number of halogens is 2. The van der Waals surface area contributed by atoms with E-state index in [4.69, 9.17) is 9.26 Å². The van der Waals surface area contributed by atoms with Crippen LogP contribution in [0.25, 0.3) is 11.4 Å². The normalized spacial score (nSPS) is 21.6. The third kappa shape index (κ3) is 3.77. The van der Waals surface area contributed by atoms with Crippen molar-refractivity contribution in [2.45, 2.75) is 25.6 Å². The summed E-state index contributed by atoms with van der Waals surface area (Å²) in [4.78, 5) is 6.67.